The molecule has 2 rings (SSSR count). The number of rotatable bonds is 3. The molecule has 0 bridgehead atoms. The maximum Gasteiger partial charge on any atom is 0.261 e. The number of thiophene rings is 1. The molecule has 0 radical (unpaired) electrons. The van der Waals surface area contributed by atoms with Crippen LogP contribution in [0.25, 0.3) is 0 Å². The van der Waals surface area contributed by atoms with Gasteiger partial charge in [0.2, 0.25) is 0 Å². The summed E-state index contributed by atoms with van der Waals surface area (Å²) in [5, 5.41) is 3.03. The zero-order valence-electron chi connectivity index (χ0n) is 9.63. The minimum atomic E-state index is 0.0572. The lowest BCUT2D eigenvalue weighted by Gasteiger charge is -2.09. The third kappa shape index (κ3) is 3.55. The summed E-state index contributed by atoms with van der Waals surface area (Å²) >= 11 is 8.57. The molecule has 1 aromatic rings. The molecule has 0 spiro atoms. The first-order valence-electron chi connectivity index (χ1n) is 5.74. The molecule has 1 saturated carbocycles. The van der Waals surface area contributed by atoms with E-state index in [1.54, 1.807) is 0 Å². The molecule has 0 aromatic carbocycles. The van der Waals surface area contributed by atoms with Crippen LogP contribution in [-0.2, 0) is 0 Å². The Morgan fingerprint density at radius 2 is 2.35 bits per heavy atom. The van der Waals surface area contributed by atoms with Gasteiger partial charge in [0.15, 0.2) is 0 Å². The molecule has 17 heavy (non-hydrogen) atoms. The first-order valence-corrected chi connectivity index (χ1v) is 8.27. The lowest BCUT2D eigenvalue weighted by molar-refractivity contribution is 0.0951. The van der Waals surface area contributed by atoms with E-state index in [4.69, 9.17) is 0 Å². The number of amides is 1. The van der Waals surface area contributed by atoms with E-state index >= 15 is 0 Å². The van der Waals surface area contributed by atoms with Crippen LogP contribution >= 0.6 is 43.2 Å². The summed E-state index contributed by atoms with van der Waals surface area (Å²) in [4.78, 5) is 13.4. The summed E-state index contributed by atoms with van der Waals surface area (Å²) in [6.07, 6.45) is 3.61. The molecule has 1 N–H and O–H groups in total. The zero-order chi connectivity index (χ0) is 12.4. The van der Waals surface area contributed by atoms with Crippen molar-refractivity contribution in [3.63, 3.8) is 0 Å². The highest BCUT2D eigenvalue weighted by Gasteiger charge is 2.23. The minimum Gasteiger partial charge on any atom is -0.351 e. The van der Waals surface area contributed by atoms with Crippen molar-refractivity contribution < 1.29 is 4.79 Å². The monoisotopic (exact) mass is 379 g/mol. The third-order valence-corrected chi connectivity index (χ3v) is 6.08. The van der Waals surface area contributed by atoms with Crippen molar-refractivity contribution in [1.29, 1.82) is 0 Å². The number of carbonyl (C=O) groups excluding carboxylic acids is 1. The number of hydrogen-bond donors (Lipinski definition) is 1. The van der Waals surface area contributed by atoms with Crippen molar-refractivity contribution in [2.45, 2.75) is 31.0 Å². The topological polar surface area (TPSA) is 29.1 Å². The van der Waals surface area contributed by atoms with Gasteiger partial charge in [-0.1, -0.05) is 15.9 Å². The summed E-state index contributed by atoms with van der Waals surface area (Å²) in [5.74, 6) is 0.689. The van der Waals surface area contributed by atoms with E-state index in [2.05, 4.69) is 37.2 Å². The normalized spacial score (nSPS) is 23.9. The summed E-state index contributed by atoms with van der Waals surface area (Å²) < 4.78 is 1.05. The molecule has 1 fully saturated rings. The highest BCUT2D eigenvalue weighted by Crippen LogP contribution is 2.30. The van der Waals surface area contributed by atoms with Gasteiger partial charge in [0.05, 0.1) is 8.66 Å². The van der Waals surface area contributed by atoms with Gasteiger partial charge < -0.3 is 5.32 Å². The Hall–Kier alpha value is 0.130. The van der Waals surface area contributed by atoms with E-state index in [1.165, 1.54) is 30.6 Å². The van der Waals surface area contributed by atoms with Gasteiger partial charge >= 0.3 is 0 Å². The minimum absolute atomic E-state index is 0.0572. The van der Waals surface area contributed by atoms with E-state index in [-0.39, 0.29) is 5.91 Å². The summed E-state index contributed by atoms with van der Waals surface area (Å²) in [7, 11) is 0. The van der Waals surface area contributed by atoms with Crippen LogP contribution in [-0.4, -0.2) is 17.3 Å². The average molecular weight is 381 g/mol. The lowest BCUT2D eigenvalue weighted by Crippen LogP contribution is -2.27. The summed E-state index contributed by atoms with van der Waals surface area (Å²) in [5.41, 5.74) is 1.13. The first kappa shape index (κ1) is 13.6. The molecular formula is C12H15Br2NOS. The summed E-state index contributed by atoms with van der Waals surface area (Å²) in [6, 6.07) is 1.94. The van der Waals surface area contributed by atoms with E-state index in [9.17, 15) is 4.79 Å². The maximum absolute atomic E-state index is 11.9. The second kappa shape index (κ2) is 5.85. The van der Waals surface area contributed by atoms with Gasteiger partial charge in [0, 0.05) is 11.4 Å². The molecule has 94 valence electrons. The number of hydrogen-bond acceptors (Lipinski definition) is 2. The van der Waals surface area contributed by atoms with Crippen molar-refractivity contribution in [3.05, 3.63) is 20.3 Å². The maximum atomic E-state index is 11.9. The van der Waals surface area contributed by atoms with Crippen molar-refractivity contribution in [2.24, 2.45) is 5.92 Å². The number of alkyl halides is 1. The second-order valence-electron chi connectivity index (χ2n) is 4.55. The number of halogens is 2. The van der Waals surface area contributed by atoms with Crippen LogP contribution < -0.4 is 5.32 Å². The van der Waals surface area contributed by atoms with Gasteiger partial charge in [-0.3, -0.25) is 4.79 Å². The Kier molecular flexibility index (Phi) is 4.66. The molecule has 2 unspecified atom stereocenters. The molecule has 1 heterocycles. The van der Waals surface area contributed by atoms with Crippen molar-refractivity contribution >= 4 is 49.1 Å². The highest BCUT2D eigenvalue weighted by atomic mass is 79.9. The SMILES string of the molecule is Cc1cc(C(=O)NCC2CCC(Br)C2)sc1Br. The fourth-order valence-corrected chi connectivity index (χ4v) is 4.34. The van der Waals surface area contributed by atoms with Gasteiger partial charge in [0.1, 0.15) is 0 Å². The molecular weight excluding hydrogens is 366 g/mol. The van der Waals surface area contributed by atoms with Gasteiger partial charge in [-0.15, -0.1) is 11.3 Å². The standard InChI is InChI=1S/C12H15Br2NOS/c1-7-4-10(17-11(7)14)12(16)15-6-8-2-3-9(13)5-8/h4,8-9H,2-3,5-6H2,1H3,(H,15,16). The fraction of sp³-hybridized carbons (Fsp3) is 0.583. The number of carbonyl (C=O) groups is 1. The summed E-state index contributed by atoms with van der Waals surface area (Å²) in [6.45, 7) is 2.80. The van der Waals surface area contributed by atoms with Gasteiger partial charge in [0.25, 0.3) is 5.91 Å². The van der Waals surface area contributed by atoms with Crippen molar-refractivity contribution in [1.82, 2.24) is 5.32 Å². The number of nitrogens with one attached hydrogen (secondary N) is 1. The van der Waals surface area contributed by atoms with Gasteiger partial charge in [-0.05, 0) is 59.7 Å². The lowest BCUT2D eigenvalue weighted by atomic mass is 10.1. The Bertz CT molecular complexity index is 399. The first-order chi connectivity index (χ1) is 8.06. The van der Waals surface area contributed by atoms with Gasteiger partial charge in [-0.2, -0.15) is 0 Å². The average Bonchev–Trinajstić information content (AvgIpc) is 2.83. The predicted molar refractivity (Wildman–Crippen MR) is 79.1 cm³/mol. The van der Waals surface area contributed by atoms with Crippen LogP contribution in [0, 0.1) is 12.8 Å². The molecule has 0 aliphatic heterocycles. The number of aryl methyl sites for hydroxylation is 1. The highest BCUT2D eigenvalue weighted by molar-refractivity contribution is 9.11. The molecule has 0 saturated heterocycles. The second-order valence-corrected chi connectivity index (χ2v) is 8.22. The van der Waals surface area contributed by atoms with E-state index in [0.29, 0.717) is 10.7 Å². The van der Waals surface area contributed by atoms with Crippen LogP contribution in [0.3, 0.4) is 0 Å². The van der Waals surface area contributed by atoms with Gasteiger partial charge in [-0.25, -0.2) is 0 Å². The molecule has 1 aliphatic rings. The Balaban J connectivity index is 1.85. The Morgan fingerprint density at radius 1 is 1.59 bits per heavy atom. The van der Waals surface area contributed by atoms with Crippen LogP contribution in [0.2, 0.25) is 0 Å². The molecule has 1 aliphatic carbocycles. The molecule has 2 atom stereocenters. The molecule has 1 amide bonds. The largest absolute Gasteiger partial charge is 0.351 e. The smallest absolute Gasteiger partial charge is 0.261 e. The van der Waals surface area contributed by atoms with Crippen LogP contribution in [0.5, 0.6) is 0 Å². The van der Waals surface area contributed by atoms with Crippen LogP contribution in [0.1, 0.15) is 34.5 Å². The molecule has 5 heteroatoms. The Morgan fingerprint density at radius 3 is 2.88 bits per heavy atom. The molecule has 1 aromatic heterocycles. The fourth-order valence-electron chi connectivity index (χ4n) is 2.10. The van der Waals surface area contributed by atoms with Crippen molar-refractivity contribution in [2.75, 3.05) is 6.54 Å². The van der Waals surface area contributed by atoms with E-state index < -0.39 is 0 Å². The zero-order valence-corrected chi connectivity index (χ0v) is 13.6. The Labute approximate surface area is 122 Å². The third-order valence-electron chi connectivity index (χ3n) is 3.11. The van der Waals surface area contributed by atoms with E-state index in [1.807, 2.05) is 13.0 Å². The van der Waals surface area contributed by atoms with E-state index in [0.717, 1.165) is 20.8 Å². The van der Waals surface area contributed by atoms with Crippen molar-refractivity contribution in [3.8, 4) is 0 Å². The quantitative estimate of drug-likeness (QED) is 0.785. The molecule has 2 nitrogen and oxygen atoms in total. The predicted octanol–water partition coefficient (Wildman–Crippen LogP) is 4.11. The van der Waals surface area contributed by atoms with Crippen LogP contribution in [0.15, 0.2) is 9.85 Å². The van der Waals surface area contributed by atoms with Crippen LogP contribution in [0.4, 0.5) is 0 Å².